The average molecular weight is 443 g/mol. The molecule has 1 aromatic rings. The fourth-order valence-electron chi connectivity index (χ4n) is 2.86. The number of hydroxylamine groups is 2. The summed E-state index contributed by atoms with van der Waals surface area (Å²) in [5.41, 5.74) is 3.01. The minimum Gasteiger partial charge on any atom is -0.477 e. The number of aliphatic carboxylic acids is 1. The largest absolute Gasteiger partial charge is 0.477 e. The number of nitrogen functional groups attached to an aromatic ring is 1. The van der Waals surface area contributed by atoms with Crippen molar-refractivity contribution in [2.75, 3.05) is 26.6 Å². The number of carboxylic acids is 1. The van der Waals surface area contributed by atoms with Crippen LogP contribution in [0.15, 0.2) is 10.5 Å². The van der Waals surface area contributed by atoms with Crippen LogP contribution in [0.3, 0.4) is 0 Å². The first-order chi connectivity index (χ1) is 14.2. The fourth-order valence-corrected chi connectivity index (χ4v) is 3.41. The van der Waals surface area contributed by atoms with Gasteiger partial charge in [-0.1, -0.05) is 5.16 Å². The molecule has 3 rings (SSSR count). The molecule has 3 atom stereocenters. The van der Waals surface area contributed by atoms with Crippen molar-refractivity contribution in [2.45, 2.75) is 24.3 Å². The zero-order valence-corrected chi connectivity index (χ0v) is 16.5. The van der Waals surface area contributed by atoms with E-state index in [1.165, 1.54) is 19.6 Å². The Bertz CT molecular complexity index is 918. The number of nitrogens with two attached hydrogens (primary N) is 1. The Morgan fingerprint density at radius 1 is 1.47 bits per heavy atom. The van der Waals surface area contributed by atoms with Gasteiger partial charge in [-0.2, -0.15) is 5.06 Å². The topological polar surface area (TPSA) is 192 Å². The number of anilines is 1. The number of nitrogens with one attached hydrogen (secondary N) is 1. The van der Waals surface area contributed by atoms with Crippen molar-refractivity contribution in [3.63, 3.8) is 0 Å². The van der Waals surface area contributed by atoms with E-state index in [0.29, 0.717) is 5.06 Å². The number of nitrogens with zero attached hydrogens (tertiary/aromatic N) is 3. The Morgan fingerprint density at radius 2 is 2.20 bits per heavy atom. The number of hydrogen-bond donors (Lipinski definition) is 3. The number of cyclic esters (lactones) is 1. The molecule has 0 saturated carbocycles. The first-order valence-corrected chi connectivity index (χ1v) is 9.21. The maximum absolute atomic E-state index is 12.7. The van der Waals surface area contributed by atoms with Gasteiger partial charge < -0.3 is 30.5 Å². The van der Waals surface area contributed by atoms with Gasteiger partial charge in [0.05, 0.1) is 6.42 Å². The summed E-state index contributed by atoms with van der Waals surface area (Å²) in [4.78, 5) is 62.8. The summed E-state index contributed by atoms with van der Waals surface area (Å²) < 4.78 is 9.79. The van der Waals surface area contributed by atoms with Crippen LogP contribution >= 0.6 is 11.3 Å². The number of amides is 2. The standard InChI is InChI=1S/C15H17N5O9S/c1-26-8-3-15(13(24)25,29-12(8)23)20-11(22)6(4-28-20)17-10(21)9(19-27-2)7-5-30-14(16)18-7/h5-6,8H,3-4H2,1-2H3,(H2,16,18)(H,17,21)(H,24,25)/t6-,8?,15?/m0/s1. The van der Waals surface area contributed by atoms with Crippen LogP contribution in [0.2, 0.25) is 0 Å². The lowest BCUT2D eigenvalue weighted by Crippen LogP contribution is -2.57. The second kappa shape index (κ2) is 8.21. The first-order valence-electron chi connectivity index (χ1n) is 8.33. The molecule has 2 unspecified atom stereocenters. The summed E-state index contributed by atoms with van der Waals surface area (Å²) in [6, 6.07) is -1.29. The van der Waals surface area contributed by atoms with Gasteiger partial charge >= 0.3 is 17.7 Å². The van der Waals surface area contributed by atoms with Crippen molar-refractivity contribution in [2.24, 2.45) is 5.16 Å². The SMILES string of the molecule is CON=C(C(=O)N[C@H]1CON(C2(C(=O)O)CC(OC)C(=O)O2)C1=O)c1csc(N)n1. The minimum absolute atomic E-state index is 0.120. The summed E-state index contributed by atoms with van der Waals surface area (Å²) in [6.07, 6.45) is -1.68. The van der Waals surface area contributed by atoms with Crippen LogP contribution in [0.4, 0.5) is 5.13 Å². The van der Waals surface area contributed by atoms with Gasteiger partial charge in [0.1, 0.15) is 25.5 Å². The molecule has 162 valence electrons. The first kappa shape index (κ1) is 21.4. The van der Waals surface area contributed by atoms with E-state index >= 15 is 0 Å². The molecular weight excluding hydrogens is 426 g/mol. The number of carbonyl (C=O) groups excluding carboxylic acids is 3. The highest BCUT2D eigenvalue weighted by Crippen LogP contribution is 2.35. The lowest BCUT2D eigenvalue weighted by molar-refractivity contribution is -0.256. The number of carboxylic acid groups (broad SMARTS) is 1. The van der Waals surface area contributed by atoms with Crippen LogP contribution in [-0.4, -0.2) is 83.3 Å². The third-order valence-electron chi connectivity index (χ3n) is 4.28. The van der Waals surface area contributed by atoms with Crippen LogP contribution in [0, 0.1) is 0 Å². The van der Waals surface area contributed by atoms with Crippen molar-refractivity contribution in [1.82, 2.24) is 15.4 Å². The molecule has 0 aliphatic carbocycles. The van der Waals surface area contributed by atoms with Gasteiger partial charge in [-0.25, -0.2) is 14.6 Å². The molecule has 2 aliphatic heterocycles. The normalized spacial score (nSPS) is 26.6. The molecule has 30 heavy (non-hydrogen) atoms. The molecule has 2 saturated heterocycles. The van der Waals surface area contributed by atoms with Gasteiger partial charge in [-0.05, 0) is 0 Å². The van der Waals surface area contributed by atoms with E-state index in [1.807, 2.05) is 0 Å². The number of hydrogen-bond acceptors (Lipinski definition) is 12. The van der Waals surface area contributed by atoms with E-state index in [-0.39, 0.29) is 16.5 Å². The van der Waals surface area contributed by atoms with Gasteiger partial charge in [-0.15, -0.1) is 11.3 Å². The highest BCUT2D eigenvalue weighted by atomic mass is 32.1. The molecule has 0 spiro atoms. The maximum atomic E-state index is 12.7. The number of rotatable bonds is 7. The molecule has 4 N–H and O–H groups in total. The monoisotopic (exact) mass is 443 g/mol. The van der Waals surface area contributed by atoms with Crippen molar-refractivity contribution in [1.29, 1.82) is 0 Å². The van der Waals surface area contributed by atoms with Crippen LogP contribution < -0.4 is 11.1 Å². The molecule has 14 nitrogen and oxygen atoms in total. The second-order valence-corrected chi connectivity index (χ2v) is 6.98. The van der Waals surface area contributed by atoms with Gasteiger partial charge in [0.25, 0.3) is 11.8 Å². The predicted octanol–water partition coefficient (Wildman–Crippen LogP) is -1.92. The third-order valence-corrected chi connectivity index (χ3v) is 4.95. The Hall–Kier alpha value is -3.30. The fraction of sp³-hybridized carbons (Fsp3) is 0.467. The Morgan fingerprint density at radius 3 is 2.73 bits per heavy atom. The van der Waals surface area contributed by atoms with Crippen LogP contribution in [-0.2, 0) is 38.3 Å². The van der Waals surface area contributed by atoms with E-state index in [4.69, 9.17) is 20.0 Å². The molecule has 0 bridgehead atoms. The molecule has 2 fully saturated rings. The Balaban J connectivity index is 1.78. The minimum atomic E-state index is -2.42. The smallest absolute Gasteiger partial charge is 0.372 e. The number of esters is 1. The van der Waals surface area contributed by atoms with Crippen LogP contribution in [0.1, 0.15) is 12.1 Å². The summed E-state index contributed by atoms with van der Waals surface area (Å²) in [6.45, 7) is -0.408. The number of ether oxygens (including phenoxy) is 2. The van der Waals surface area contributed by atoms with E-state index < -0.39 is 54.7 Å². The molecular formula is C15H17N5O9S. The van der Waals surface area contributed by atoms with Crippen LogP contribution in [0.5, 0.6) is 0 Å². The number of thiazole rings is 1. The van der Waals surface area contributed by atoms with Gasteiger partial charge in [0, 0.05) is 12.5 Å². The number of oxime groups is 1. The molecule has 3 heterocycles. The van der Waals surface area contributed by atoms with E-state index in [0.717, 1.165) is 11.3 Å². The molecule has 2 amide bonds. The van der Waals surface area contributed by atoms with Crippen molar-refractivity contribution >= 4 is 45.9 Å². The summed E-state index contributed by atoms with van der Waals surface area (Å²) in [5.74, 6) is -4.37. The zero-order chi connectivity index (χ0) is 22.1. The van der Waals surface area contributed by atoms with Crippen molar-refractivity contribution < 1.29 is 43.4 Å². The highest BCUT2D eigenvalue weighted by molar-refractivity contribution is 7.13. The number of methoxy groups -OCH3 is 1. The molecule has 2 aliphatic rings. The lowest BCUT2D eigenvalue weighted by Gasteiger charge is -2.30. The summed E-state index contributed by atoms with van der Waals surface area (Å²) >= 11 is 1.07. The maximum Gasteiger partial charge on any atom is 0.372 e. The van der Waals surface area contributed by atoms with Crippen molar-refractivity contribution in [3.05, 3.63) is 11.1 Å². The van der Waals surface area contributed by atoms with E-state index in [1.54, 1.807) is 0 Å². The van der Waals surface area contributed by atoms with E-state index in [2.05, 4.69) is 20.3 Å². The summed E-state index contributed by atoms with van der Waals surface area (Å²) in [7, 11) is 2.41. The van der Waals surface area contributed by atoms with Gasteiger partial charge in [0.15, 0.2) is 16.9 Å². The van der Waals surface area contributed by atoms with Gasteiger partial charge in [-0.3, -0.25) is 14.4 Å². The highest BCUT2D eigenvalue weighted by Gasteiger charge is 2.62. The molecule has 15 heteroatoms. The lowest BCUT2D eigenvalue weighted by atomic mass is 10.1. The third kappa shape index (κ3) is 3.64. The molecule has 0 radical (unpaired) electrons. The Kier molecular flexibility index (Phi) is 5.86. The molecule has 0 aromatic carbocycles. The van der Waals surface area contributed by atoms with Crippen molar-refractivity contribution in [3.8, 4) is 0 Å². The average Bonchev–Trinajstić information content (AvgIpc) is 3.38. The van der Waals surface area contributed by atoms with Crippen LogP contribution in [0.25, 0.3) is 0 Å². The summed E-state index contributed by atoms with van der Waals surface area (Å²) in [5, 5.41) is 17.6. The second-order valence-electron chi connectivity index (χ2n) is 6.09. The Labute approximate surface area is 172 Å². The van der Waals surface area contributed by atoms with Gasteiger partial charge in [0.2, 0.25) is 0 Å². The zero-order valence-electron chi connectivity index (χ0n) is 15.7. The quantitative estimate of drug-likeness (QED) is 0.242. The number of aromatic nitrogens is 1. The predicted molar refractivity (Wildman–Crippen MR) is 96.7 cm³/mol. The number of carbonyl (C=O) groups is 4. The van der Waals surface area contributed by atoms with E-state index in [9.17, 15) is 24.3 Å². The molecule has 1 aromatic heterocycles.